The molecule has 0 saturated carbocycles. The number of allylic oxidation sites excluding steroid dienone is 3. The molecule has 1 atom stereocenters. The lowest BCUT2D eigenvalue weighted by molar-refractivity contribution is -0.147. The van der Waals surface area contributed by atoms with E-state index in [2.05, 4.69) is 17.2 Å². The van der Waals surface area contributed by atoms with Crippen molar-refractivity contribution in [3.05, 3.63) is 24.8 Å². The van der Waals surface area contributed by atoms with Gasteiger partial charge in [-0.05, 0) is 19.3 Å². The molecule has 1 saturated heterocycles. The van der Waals surface area contributed by atoms with Gasteiger partial charge in [0.25, 0.3) is 0 Å². The summed E-state index contributed by atoms with van der Waals surface area (Å²) in [4.78, 5) is 35.2. The topological polar surface area (TPSA) is 75.3 Å². The Bertz CT molecular complexity index is 411. The first-order chi connectivity index (χ1) is 8.11. The highest BCUT2D eigenvalue weighted by molar-refractivity contribution is 6.19. The quantitative estimate of drug-likeness (QED) is 0.600. The van der Waals surface area contributed by atoms with Gasteiger partial charge in [0.2, 0.25) is 11.8 Å². The van der Waals surface area contributed by atoms with E-state index in [1.54, 1.807) is 6.08 Å². The van der Waals surface area contributed by atoms with Gasteiger partial charge in [-0.15, -0.1) is 19.0 Å². The van der Waals surface area contributed by atoms with Gasteiger partial charge in [0.05, 0.1) is 0 Å². The van der Waals surface area contributed by atoms with E-state index in [1.807, 2.05) is 12.2 Å². The third kappa shape index (κ3) is 2.06. The number of carbonyl (C=O) groups excluding carboxylic acids is 3. The van der Waals surface area contributed by atoms with Gasteiger partial charge < -0.3 is 0 Å². The van der Waals surface area contributed by atoms with Crippen LogP contribution in [0.3, 0.4) is 0 Å². The molecular formula is C12H15ClN2O3. The van der Waals surface area contributed by atoms with Gasteiger partial charge in [-0.25, -0.2) is 4.79 Å². The van der Waals surface area contributed by atoms with Crippen molar-refractivity contribution in [2.24, 2.45) is 11.3 Å². The van der Waals surface area contributed by atoms with Crippen LogP contribution >= 0.6 is 12.4 Å². The van der Waals surface area contributed by atoms with Crippen LogP contribution in [0.2, 0.25) is 0 Å². The van der Waals surface area contributed by atoms with Crippen LogP contribution < -0.4 is 10.6 Å². The Labute approximate surface area is 111 Å². The van der Waals surface area contributed by atoms with Gasteiger partial charge >= 0.3 is 6.03 Å². The zero-order chi connectivity index (χ0) is 12.5. The van der Waals surface area contributed by atoms with Crippen LogP contribution in [0.25, 0.3) is 0 Å². The van der Waals surface area contributed by atoms with Gasteiger partial charge in [-0.3, -0.25) is 20.2 Å². The van der Waals surface area contributed by atoms with E-state index < -0.39 is 23.3 Å². The molecule has 0 aromatic carbocycles. The molecule has 1 aliphatic carbocycles. The minimum atomic E-state index is -1.22. The average molecular weight is 271 g/mol. The van der Waals surface area contributed by atoms with E-state index in [1.165, 1.54) is 0 Å². The third-order valence-electron chi connectivity index (χ3n) is 3.38. The molecule has 18 heavy (non-hydrogen) atoms. The first-order valence-corrected chi connectivity index (χ1v) is 5.55. The van der Waals surface area contributed by atoms with Crippen LogP contribution in [-0.4, -0.2) is 17.8 Å². The third-order valence-corrected chi connectivity index (χ3v) is 3.38. The fourth-order valence-electron chi connectivity index (χ4n) is 2.51. The van der Waals surface area contributed by atoms with E-state index in [-0.39, 0.29) is 24.7 Å². The van der Waals surface area contributed by atoms with Crippen molar-refractivity contribution < 1.29 is 14.4 Å². The Hall–Kier alpha value is -1.62. The molecule has 0 aromatic rings. The smallest absolute Gasteiger partial charge is 0.277 e. The molecule has 5 nitrogen and oxygen atoms in total. The van der Waals surface area contributed by atoms with Crippen molar-refractivity contribution in [2.75, 3.05) is 0 Å². The molecule has 0 aromatic heterocycles. The summed E-state index contributed by atoms with van der Waals surface area (Å²) in [7, 11) is 0. The van der Waals surface area contributed by atoms with Crippen molar-refractivity contribution in [2.45, 2.75) is 19.3 Å². The van der Waals surface area contributed by atoms with Crippen LogP contribution in [0.5, 0.6) is 0 Å². The van der Waals surface area contributed by atoms with E-state index in [9.17, 15) is 14.4 Å². The van der Waals surface area contributed by atoms with E-state index in [0.717, 1.165) is 12.8 Å². The first kappa shape index (κ1) is 14.4. The van der Waals surface area contributed by atoms with Crippen LogP contribution in [0.1, 0.15) is 19.3 Å². The molecule has 0 radical (unpaired) electrons. The molecule has 6 heteroatoms. The summed E-state index contributed by atoms with van der Waals surface area (Å²) in [6, 6.07) is -0.748. The summed E-state index contributed by atoms with van der Waals surface area (Å²) in [5.41, 5.74) is -1.22. The summed E-state index contributed by atoms with van der Waals surface area (Å²) in [6.45, 7) is 3.59. The Morgan fingerprint density at radius 1 is 1.33 bits per heavy atom. The SMILES string of the molecule is C=CCC1(C2C=CCC2)C(=O)NC(=O)NC1=O.Cl. The lowest BCUT2D eigenvalue weighted by atomic mass is 9.70. The molecule has 2 aliphatic rings. The van der Waals surface area contributed by atoms with Crippen LogP contribution in [0.4, 0.5) is 4.79 Å². The summed E-state index contributed by atoms with van der Waals surface area (Å²) < 4.78 is 0. The molecule has 2 N–H and O–H groups in total. The summed E-state index contributed by atoms with van der Waals surface area (Å²) in [6.07, 6.45) is 7.18. The van der Waals surface area contributed by atoms with Gasteiger partial charge in [-0.1, -0.05) is 18.2 Å². The number of rotatable bonds is 3. The number of barbiturate groups is 1. The number of hydrogen-bond donors (Lipinski definition) is 2. The molecule has 1 heterocycles. The largest absolute Gasteiger partial charge is 0.328 e. The zero-order valence-corrected chi connectivity index (χ0v) is 10.6. The lowest BCUT2D eigenvalue weighted by Gasteiger charge is -2.37. The van der Waals surface area contributed by atoms with Crippen LogP contribution in [0, 0.1) is 11.3 Å². The number of amides is 4. The average Bonchev–Trinajstić information content (AvgIpc) is 2.77. The lowest BCUT2D eigenvalue weighted by Crippen LogP contribution is -2.64. The molecule has 0 spiro atoms. The van der Waals surface area contributed by atoms with E-state index in [4.69, 9.17) is 0 Å². The maximum atomic E-state index is 12.0. The second-order valence-electron chi connectivity index (χ2n) is 4.31. The number of halogens is 1. The predicted molar refractivity (Wildman–Crippen MR) is 68.0 cm³/mol. The zero-order valence-electron chi connectivity index (χ0n) is 9.77. The monoisotopic (exact) mass is 270 g/mol. The second kappa shape index (κ2) is 5.35. The highest BCUT2D eigenvalue weighted by Gasteiger charge is 2.54. The summed E-state index contributed by atoms with van der Waals surface area (Å²) >= 11 is 0. The highest BCUT2D eigenvalue weighted by atomic mass is 35.5. The minimum absolute atomic E-state index is 0. The van der Waals surface area contributed by atoms with Gasteiger partial charge in [0.1, 0.15) is 5.41 Å². The van der Waals surface area contributed by atoms with Crippen LogP contribution in [0.15, 0.2) is 24.8 Å². The number of hydrogen-bond acceptors (Lipinski definition) is 3. The highest BCUT2D eigenvalue weighted by Crippen LogP contribution is 2.40. The normalized spacial score (nSPS) is 25.1. The molecule has 1 fully saturated rings. The Morgan fingerprint density at radius 2 is 1.94 bits per heavy atom. The van der Waals surface area contributed by atoms with Crippen molar-refractivity contribution in [3.63, 3.8) is 0 Å². The van der Waals surface area contributed by atoms with Crippen molar-refractivity contribution in [1.29, 1.82) is 0 Å². The number of imide groups is 2. The fraction of sp³-hybridized carbons (Fsp3) is 0.417. The second-order valence-corrected chi connectivity index (χ2v) is 4.31. The maximum Gasteiger partial charge on any atom is 0.328 e. The number of carbonyl (C=O) groups is 3. The van der Waals surface area contributed by atoms with Gasteiger partial charge in [0, 0.05) is 5.92 Å². The van der Waals surface area contributed by atoms with Crippen molar-refractivity contribution in [3.8, 4) is 0 Å². The summed E-state index contributed by atoms with van der Waals surface area (Å²) in [5, 5.41) is 4.34. The van der Waals surface area contributed by atoms with Gasteiger partial charge in [-0.2, -0.15) is 0 Å². The predicted octanol–water partition coefficient (Wildman–Crippen LogP) is 1.30. The van der Waals surface area contributed by atoms with E-state index >= 15 is 0 Å². The van der Waals surface area contributed by atoms with Crippen molar-refractivity contribution >= 4 is 30.3 Å². The molecule has 4 amide bonds. The van der Waals surface area contributed by atoms with Crippen LogP contribution in [-0.2, 0) is 9.59 Å². The fourth-order valence-corrected chi connectivity index (χ4v) is 2.51. The standard InChI is InChI=1S/C12H14N2O3.ClH/c1-2-7-12(8-5-3-4-6-8)9(15)13-11(17)14-10(12)16;/h2-3,5,8H,1,4,6-7H2,(H2,13,14,15,16,17);1H. The molecule has 0 bridgehead atoms. The first-order valence-electron chi connectivity index (χ1n) is 5.55. The van der Waals surface area contributed by atoms with E-state index in [0.29, 0.717) is 0 Å². The molecular weight excluding hydrogens is 256 g/mol. The summed E-state index contributed by atoms with van der Waals surface area (Å²) in [5.74, 6) is -1.22. The Morgan fingerprint density at radius 3 is 2.39 bits per heavy atom. The molecule has 2 rings (SSSR count). The number of urea groups is 1. The van der Waals surface area contributed by atoms with Crippen molar-refractivity contribution in [1.82, 2.24) is 10.6 Å². The molecule has 1 unspecified atom stereocenters. The van der Waals surface area contributed by atoms with Gasteiger partial charge in [0.15, 0.2) is 0 Å². The number of nitrogens with one attached hydrogen (secondary N) is 2. The molecule has 98 valence electrons. The Kier molecular flexibility index (Phi) is 4.29. The molecule has 1 aliphatic heterocycles. The minimum Gasteiger partial charge on any atom is -0.277 e. The maximum absolute atomic E-state index is 12.0. The Balaban J connectivity index is 0.00000162.